The van der Waals surface area contributed by atoms with Crippen molar-refractivity contribution in [1.82, 2.24) is 9.78 Å². The SMILES string of the molecule is CCCC1CCC(N)C(Cc2c(Cl)c(C)nn2CC)C1. The molecule has 3 unspecified atom stereocenters. The predicted molar refractivity (Wildman–Crippen MR) is 85.1 cm³/mol. The maximum Gasteiger partial charge on any atom is 0.0847 e. The minimum Gasteiger partial charge on any atom is -0.327 e. The lowest BCUT2D eigenvalue weighted by atomic mass is 9.75. The molecule has 0 spiro atoms. The van der Waals surface area contributed by atoms with E-state index >= 15 is 0 Å². The Balaban J connectivity index is 2.11. The summed E-state index contributed by atoms with van der Waals surface area (Å²) in [7, 11) is 0. The largest absolute Gasteiger partial charge is 0.327 e. The van der Waals surface area contributed by atoms with Gasteiger partial charge in [0.15, 0.2) is 0 Å². The van der Waals surface area contributed by atoms with Crippen LogP contribution in [0.1, 0.15) is 57.3 Å². The molecule has 3 nitrogen and oxygen atoms in total. The molecule has 1 aromatic heterocycles. The van der Waals surface area contributed by atoms with Gasteiger partial charge in [0.05, 0.1) is 16.4 Å². The van der Waals surface area contributed by atoms with Crippen LogP contribution in [-0.4, -0.2) is 15.8 Å². The van der Waals surface area contributed by atoms with Crippen LogP contribution in [0.2, 0.25) is 5.02 Å². The van der Waals surface area contributed by atoms with Crippen LogP contribution in [0, 0.1) is 18.8 Å². The highest BCUT2D eigenvalue weighted by atomic mass is 35.5. The zero-order valence-electron chi connectivity index (χ0n) is 13.0. The van der Waals surface area contributed by atoms with Gasteiger partial charge in [-0.05, 0) is 51.4 Å². The number of nitrogens with zero attached hydrogens (tertiary/aromatic N) is 2. The highest BCUT2D eigenvalue weighted by molar-refractivity contribution is 6.31. The van der Waals surface area contributed by atoms with E-state index in [0.717, 1.165) is 36.0 Å². The minimum atomic E-state index is 0.319. The van der Waals surface area contributed by atoms with Crippen LogP contribution < -0.4 is 5.73 Å². The normalized spacial score (nSPS) is 26.9. The summed E-state index contributed by atoms with van der Waals surface area (Å²) in [5, 5.41) is 5.36. The molecule has 1 heterocycles. The van der Waals surface area contributed by atoms with Gasteiger partial charge in [-0.3, -0.25) is 4.68 Å². The first-order chi connectivity index (χ1) is 9.56. The second-order valence-corrected chi connectivity index (χ2v) is 6.64. The van der Waals surface area contributed by atoms with Gasteiger partial charge in [-0.2, -0.15) is 5.10 Å². The molecule has 0 bridgehead atoms. The molecule has 0 saturated heterocycles. The molecule has 0 aromatic carbocycles. The monoisotopic (exact) mass is 297 g/mol. The Labute approximate surface area is 127 Å². The molecule has 4 heteroatoms. The summed E-state index contributed by atoms with van der Waals surface area (Å²) in [6.45, 7) is 7.25. The molecule has 0 radical (unpaired) electrons. The summed E-state index contributed by atoms with van der Waals surface area (Å²) in [4.78, 5) is 0. The van der Waals surface area contributed by atoms with Crippen molar-refractivity contribution in [1.29, 1.82) is 0 Å². The zero-order chi connectivity index (χ0) is 14.7. The quantitative estimate of drug-likeness (QED) is 0.894. The molecular weight excluding hydrogens is 270 g/mol. The summed E-state index contributed by atoms with van der Waals surface area (Å²) in [5.41, 5.74) is 8.49. The number of hydrogen-bond acceptors (Lipinski definition) is 2. The zero-order valence-corrected chi connectivity index (χ0v) is 13.8. The lowest BCUT2D eigenvalue weighted by molar-refractivity contribution is 0.218. The highest BCUT2D eigenvalue weighted by Gasteiger charge is 2.29. The molecule has 1 aromatic rings. The van der Waals surface area contributed by atoms with Gasteiger partial charge in [-0.25, -0.2) is 0 Å². The predicted octanol–water partition coefficient (Wildman–Crippen LogP) is 3.95. The summed E-state index contributed by atoms with van der Waals surface area (Å²) < 4.78 is 2.05. The molecule has 1 aliphatic rings. The number of rotatable bonds is 5. The van der Waals surface area contributed by atoms with Gasteiger partial charge in [0.25, 0.3) is 0 Å². The first-order valence-corrected chi connectivity index (χ1v) is 8.41. The summed E-state index contributed by atoms with van der Waals surface area (Å²) >= 11 is 6.43. The van der Waals surface area contributed by atoms with E-state index in [1.54, 1.807) is 0 Å². The van der Waals surface area contributed by atoms with E-state index in [4.69, 9.17) is 17.3 Å². The van der Waals surface area contributed by atoms with Crippen molar-refractivity contribution in [3.05, 3.63) is 16.4 Å². The first kappa shape index (κ1) is 15.8. The molecule has 1 fully saturated rings. The molecule has 114 valence electrons. The lowest BCUT2D eigenvalue weighted by Gasteiger charge is -2.34. The van der Waals surface area contributed by atoms with Crippen molar-refractivity contribution < 1.29 is 0 Å². The summed E-state index contributed by atoms with van der Waals surface area (Å²) in [6, 6.07) is 0.319. The molecule has 0 amide bonds. The Morgan fingerprint density at radius 2 is 2.10 bits per heavy atom. The molecule has 1 saturated carbocycles. The maximum atomic E-state index is 6.43. The standard InChI is InChI=1S/C16H28ClN3/c1-4-6-12-7-8-14(18)13(9-12)10-15-16(17)11(3)19-20(15)5-2/h12-14H,4-10,18H2,1-3H3. The third-order valence-electron chi connectivity index (χ3n) is 4.76. The van der Waals surface area contributed by atoms with E-state index in [1.165, 1.54) is 31.4 Å². The van der Waals surface area contributed by atoms with Crippen molar-refractivity contribution >= 4 is 11.6 Å². The van der Waals surface area contributed by atoms with E-state index < -0.39 is 0 Å². The second kappa shape index (κ2) is 6.95. The topological polar surface area (TPSA) is 43.8 Å². The van der Waals surface area contributed by atoms with Gasteiger partial charge in [-0.15, -0.1) is 0 Å². The smallest absolute Gasteiger partial charge is 0.0847 e. The van der Waals surface area contributed by atoms with E-state index in [2.05, 4.69) is 18.9 Å². The third-order valence-corrected chi connectivity index (χ3v) is 5.25. The van der Waals surface area contributed by atoms with Crippen molar-refractivity contribution in [3.63, 3.8) is 0 Å². The molecule has 2 rings (SSSR count). The molecule has 20 heavy (non-hydrogen) atoms. The highest BCUT2D eigenvalue weighted by Crippen LogP contribution is 2.35. The van der Waals surface area contributed by atoms with Crippen LogP contribution in [0.15, 0.2) is 0 Å². The Morgan fingerprint density at radius 1 is 1.35 bits per heavy atom. The van der Waals surface area contributed by atoms with Gasteiger partial charge in [-0.1, -0.05) is 31.4 Å². The fourth-order valence-corrected chi connectivity index (χ4v) is 3.81. The number of hydrogen-bond donors (Lipinski definition) is 1. The molecule has 2 N–H and O–H groups in total. The van der Waals surface area contributed by atoms with E-state index in [-0.39, 0.29) is 0 Å². The third kappa shape index (κ3) is 3.37. The minimum absolute atomic E-state index is 0.319. The van der Waals surface area contributed by atoms with Gasteiger partial charge >= 0.3 is 0 Å². The van der Waals surface area contributed by atoms with Crippen molar-refractivity contribution in [2.75, 3.05) is 0 Å². The Bertz CT molecular complexity index is 441. The molecule has 1 aliphatic carbocycles. The van der Waals surface area contributed by atoms with E-state index in [0.29, 0.717) is 12.0 Å². The van der Waals surface area contributed by atoms with Crippen LogP contribution in [0.25, 0.3) is 0 Å². The summed E-state index contributed by atoms with van der Waals surface area (Å²) in [5.74, 6) is 1.40. The number of aromatic nitrogens is 2. The maximum absolute atomic E-state index is 6.43. The number of aryl methyl sites for hydroxylation is 2. The average Bonchev–Trinajstić information content (AvgIpc) is 2.70. The Kier molecular flexibility index (Phi) is 5.50. The van der Waals surface area contributed by atoms with Crippen molar-refractivity contribution in [3.8, 4) is 0 Å². The van der Waals surface area contributed by atoms with E-state index in [9.17, 15) is 0 Å². The second-order valence-electron chi connectivity index (χ2n) is 6.26. The lowest BCUT2D eigenvalue weighted by Crippen LogP contribution is -2.37. The van der Waals surface area contributed by atoms with Crippen LogP contribution in [0.3, 0.4) is 0 Å². The van der Waals surface area contributed by atoms with Gasteiger partial charge in [0.1, 0.15) is 0 Å². The fourth-order valence-electron chi connectivity index (χ4n) is 3.60. The average molecular weight is 298 g/mol. The Hall–Kier alpha value is -0.540. The van der Waals surface area contributed by atoms with Gasteiger partial charge in [0.2, 0.25) is 0 Å². The summed E-state index contributed by atoms with van der Waals surface area (Å²) in [6.07, 6.45) is 7.30. The fraction of sp³-hybridized carbons (Fsp3) is 0.812. The van der Waals surface area contributed by atoms with E-state index in [1.807, 2.05) is 11.6 Å². The van der Waals surface area contributed by atoms with Crippen molar-refractivity contribution in [2.24, 2.45) is 17.6 Å². The van der Waals surface area contributed by atoms with Crippen LogP contribution in [0.5, 0.6) is 0 Å². The van der Waals surface area contributed by atoms with Gasteiger partial charge < -0.3 is 5.73 Å². The van der Waals surface area contributed by atoms with Crippen LogP contribution in [0.4, 0.5) is 0 Å². The molecule has 0 aliphatic heterocycles. The number of nitrogens with two attached hydrogens (primary N) is 1. The van der Waals surface area contributed by atoms with Gasteiger partial charge in [0, 0.05) is 12.6 Å². The van der Waals surface area contributed by atoms with Crippen LogP contribution in [-0.2, 0) is 13.0 Å². The van der Waals surface area contributed by atoms with Crippen molar-refractivity contribution in [2.45, 2.75) is 71.9 Å². The van der Waals surface area contributed by atoms with Crippen LogP contribution >= 0.6 is 11.6 Å². The first-order valence-electron chi connectivity index (χ1n) is 8.04. The number of halogens is 1. The molecular formula is C16H28ClN3. The Morgan fingerprint density at radius 3 is 2.75 bits per heavy atom. The molecule has 3 atom stereocenters.